The van der Waals surface area contributed by atoms with E-state index in [2.05, 4.69) is 77.1 Å². The maximum Gasteiger partial charge on any atom is 1.00 e. The molecule has 2 aromatic carbocycles. The van der Waals surface area contributed by atoms with Crippen LogP contribution in [0.1, 0.15) is 51.7 Å². The summed E-state index contributed by atoms with van der Waals surface area (Å²) in [5.74, 6) is 0.659. The van der Waals surface area contributed by atoms with Crippen molar-refractivity contribution in [1.82, 2.24) is 0 Å². The molecule has 0 aliphatic carbocycles. The Morgan fingerprint density at radius 1 is 0.850 bits per heavy atom. The van der Waals surface area contributed by atoms with Crippen molar-refractivity contribution in [3.8, 4) is 0 Å². The van der Waals surface area contributed by atoms with Gasteiger partial charge in [0.05, 0.1) is 0 Å². The molecule has 0 atom stereocenters. The van der Waals surface area contributed by atoms with Gasteiger partial charge in [0.1, 0.15) is 0 Å². The van der Waals surface area contributed by atoms with Crippen molar-refractivity contribution in [3.63, 3.8) is 0 Å². The van der Waals surface area contributed by atoms with Crippen LogP contribution >= 0.6 is 0 Å². The summed E-state index contributed by atoms with van der Waals surface area (Å²) in [6.45, 7) is 11.0. The summed E-state index contributed by atoms with van der Waals surface area (Å²) in [7, 11) is 0. The molecule has 2 aromatic rings. The Bertz CT molecular complexity index is 452. The van der Waals surface area contributed by atoms with E-state index in [0.29, 0.717) is 5.92 Å². The average Bonchev–Trinajstić information content (AvgIpc) is 2.40. The Morgan fingerprint density at radius 3 is 1.70 bits per heavy atom. The van der Waals surface area contributed by atoms with Crippen molar-refractivity contribution < 1.29 is 58.2 Å². The number of benzene rings is 2. The first-order valence-corrected chi connectivity index (χ1v) is 6.93. The zero-order valence-corrected chi connectivity index (χ0v) is 18.7. The van der Waals surface area contributed by atoms with E-state index in [-0.39, 0.29) is 63.6 Å². The second-order valence-electron chi connectivity index (χ2n) is 6.09. The van der Waals surface area contributed by atoms with Crippen molar-refractivity contribution in [3.05, 3.63) is 71.8 Å². The fourth-order valence-electron chi connectivity index (χ4n) is 1.70. The smallest absolute Gasteiger partial charge is 0.180 e. The third-order valence-electron chi connectivity index (χ3n) is 2.98. The quantitative estimate of drug-likeness (QED) is 0.701. The molecule has 0 spiro atoms. The Balaban J connectivity index is 0.000000345. The average molecular weight is 339 g/mol. The molecule has 0 unspecified atom stereocenters. The first-order valence-electron chi connectivity index (χ1n) is 6.93. The van der Waals surface area contributed by atoms with Crippen LogP contribution in [0.3, 0.4) is 0 Å². The van der Waals surface area contributed by atoms with Crippen LogP contribution in [0.4, 0.5) is 0 Å². The molecular weight excluding hydrogens is 314 g/mol. The predicted molar refractivity (Wildman–Crippen MR) is 84.5 cm³/mol. The van der Waals surface area contributed by atoms with Gasteiger partial charge in [0, 0.05) is 0 Å². The van der Waals surface area contributed by atoms with Crippen LogP contribution in [-0.4, -0.2) is 0 Å². The van der Waals surface area contributed by atoms with Crippen molar-refractivity contribution in [2.75, 3.05) is 0 Å². The van der Waals surface area contributed by atoms with Gasteiger partial charge in [-0.25, -0.2) is 0 Å². The molecule has 0 aromatic heterocycles. The molecular formula is C19H25Rb. The predicted octanol–water partition coefficient (Wildman–Crippen LogP) is 2.60. The zero-order chi connectivity index (χ0) is 14.3. The molecule has 0 aliphatic heterocycles. The Hall–Kier alpha value is 0.245. The van der Waals surface area contributed by atoms with E-state index in [0.717, 1.165) is 0 Å². The Labute approximate surface area is 173 Å². The minimum absolute atomic E-state index is 0. The Kier molecular flexibility index (Phi) is 10.2. The van der Waals surface area contributed by atoms with Gasteiger partial charge >= 0.3 is 58.2 Å². The minimum atomic E-state index is 0. The number of hydrogen-bond acceptors (Lipinski definition) is 0. The summed E-state index contributed by atoms with van der Waals surface area (Å²) in [4.78, 5) is 0. The van der Waals surface area contributed by atoms with Crippen LogP contribution in [0.2, 0.25) is 0 Å². The first-order chi connectivity index (χ1) is 8.91. The fourth-order valence-corrected chi connectivity index (χ4v) is 1.70. The molecule has 102 valence electrons. The van der Waals surface area contributed by atoms with E-state index in [9.17, 15) is 0 Å². The van der Waals surface area contributed by atoms with Gasteiger partial charge in [-0.05, 0) is 16.9 Å². The summed E-state index contributed by atoms with van der Waals surface area (Å²) in [6, 6.07) is 21.8. The van der Waals surface area contributed by atoms with Crippen LogP contribution in [0.25, 0.3) is 0 Å². The summed E-state index contributed by atoms with van der Waals surface area (Å²) >= 11 is 0. The molecule has 0 radical (unpaired) electrons. The van der Waals surface area contributed by atoms with E-state index in [1.165, 1.54) is 11.1 Å². The molecule has 0 nitrogen and oxygen atoms in total. The largest absolute Gasteiger partial charge is 1.00 e. The van der Waals surface area contributed by atoms with Crippen molar-refractivity contribution in [2.45, 2.75) is 46.0 Å². The van der Waals surface area contributed by atoms with Gasteiger partial charge < -0.3 is 0 Å². The summed E-state index contributed by atoms with van der Waals surface area (Å²) < 4.78 is 0. The van der Waals surface area contributed by atoms with Crippen LogP contribution in [0, 0.1) is 6.07 Å². The molecule has 2 rings (SSSR count). The standard InChI is InChI=1S/C10H13.C9H12.Rb/c1-10(2,3)9-7-5-4-6-8-9;1-8(2)9-6-4-3-5-7-9;/h4-7H,1-3H3;3-8H,1-2H3;/q-1;;+1. The van der Waals surface area contributed by atoms with Gasteiger partial charge in [-0.15, -0.1) is 0 Å². The molecule has 0 N–H and O–H groups in total. The third kappa shape index (κ3) is 7.88. The van der Waals surface area contributed by atoms with E-state index in [1.54, 1.807) is 0 Å². The second kappa shape index (κ2) is 10.1. The van der Waals surface area contributed by atoms with Crippen molar-refractivity contribution in [2.24, 2.45) is 0 Å². The molecule has 0 saturated heterocycles. The molecule has 20 heavy (non-hydrogen) atoms. The maximum absolute atomic E-state index is 3.21. The van der Waals surface area contributed by atoms with Gasteiger partial charge in [-0.3, -0.25) is 0 Å². The van der Waals surface area contributed by atoms with Crippen LogP contribution in [-0.2, 0) is 5.41 Å². The third-order valence-corrected chi connectivity index (χ3v) is 2.98. The van der Waals surface area contributed by atoms with Gasteiger partial charge in [-0.1, -0.05) is 65.0 Å². The normalized spacial score (nSPS) is 10.3. The van der Waals surface area contributed by atoms with Crippen LogP contribution in [0.5, 0.6) is 0 Å². The monoisotopic (exact) mass is 338 g/mol. The molecule has 0 bridgehead atoms. The van der Waals surface area contributed by atoms with Gasteiger partial charge in [-0.2, -0.15) is 35.9 Å². The summed E-state index contributed by atoms with van der Waals surface area (Å²) in [5.41, 5.74) is 2.92. The second-order valence-corrected chi connectivity index (χ2v) is 6.09. The van der Waals surface area contributed by atoms with Crippen LogP contribution < -0.4 is 58.2 Å². The first kappa shape index (κ1) is 20.2. The molecule has 0 amide bonds. The molecule has 0 saturated carbocycles. The van der Waals surface area contributed by atoms with Gasteiger partial charge in [0.15, 0.2) is 0 Å². The number of rotatable bonds is 1. The molecule has 0 heterocycles. The molecule has 1 heteroatoms. The van der Waals surface area contributed by atoms with Gasteiger partial charge in [0.2, 0.25) is 0 Å². The van der Waals surface area contributed by atoms with E-state index in [4.69, 9.17) is 0 Å². The maximum atomic E-state index is 3.21. The van der Waals surface area contributed by atoms with Gasteiger partial charge in [0.25, 0.3) is 0 Å². The molecule has 0 aliphatic rings. The Morgan fingerprint density at radius 2 is 1.40 bits per heavy atom. The fraction of sp³-hybridized carbons (Fsp3) is 0.368. The van der Waals surface area contributed by atoms with E-state index >= 15 is 0 Å². The summed E-state index contributed by atoms with van der Waals surface area (Å²) in [5, 5.41) is 0. The number of hydrogen-bond donors (Lipinski definition) is 0. The SMILES string of the molecule is CC(C)(C)c1[c-]cccc1.CC(C)c1ccccc1.[Rb+]. The topological polar surface area (TPSA) is 0 Å². The van der Waals surface area contributed by atoms with E-state index in [1.807, 2.05) is 18.2 Å². The van der Waals surface area contributed by atoms with Crippen molar-refractivity contribution >= 4 is 0 Å². The summed E-state index contributed by atoms with van der Waals surface area (Å²) in [6.07, 6.45) is 0. The van der Waals surface area contributed by atoms with E-state index < -0.39 is 0 Å². The van der Waals surface area contributed by atoms with Crippen molar-refractivity contribution in [1.29, 1.82) is 0 Å². The van der Waals surface area contributed by atoms with Crippen LogP contribution in [0.15, 0.2) is 54.6 Å². The molecule has 0 fully saturated rings. The minimum Gasteiger partial charge on any atom is -0.180 e. The zero-order valence-electron chi connectivity index (χ0n) is 13.8.